The third-order valence-electron chi connectivity index (χ3n) is 6.01. The highest BCUT2D eigenvalue weighted by atomic mass is 16.2. The normalized spacial score (nSPS) is 18.1. The van der Waals surface area contributed by atoms with Crippen molar-refractivity contribution in [3.63, 3.8) is 0 Å². The Hall–Kier alpha value is -4.00. The van der Waals surface area contributed by atoms with Crippen LogP contribution in [0, 0.1) is 6.92 Å². The summed E-state index contributed by atoms with van der Waals surface area (Å²) < 4.78 is 0. The molecule has 1 saturated heterocycles. The number of carbonyl (C=O) groups is 4. The quantitative estimate of drug-likeness (QED) is 0.594. The zero-order chi connectivity index (χ0) is 24.2. The molecule has 1 fully saturated rings. The van der Waals surface area contributed by atoms with Crippen LogP contribution in [-0.4, -0.2) is 34.4 Å². The lowest BCUT2D eigenvalue weighted by Crippen LogP contribution is -2.52. The summed E-state index contributed by atoms with van der Waals surface area (Å²) in [6.07, 6.45) is 3.48. The zero-order valence-corrected chi connectivity index (χ0v) is 19.1. The zero-order valence-electron chi connectivity index (χ0n) is 19.1. The topological polar surface area (TPSA) is 95.6 Å². The van der Waals surface area contributed by atoms with Crippen LogP contribution < -0.4 is 10.6 Å². The molecule has 34 heavy (non-hydrogen) atoms. The number of amides is 3. The van der Waals surface area contributed by atoms with E-state index in [1.165, 1.54) is 6.08 Å². The Morgan fingerprint density at radius 2 is 1.88 bits per heavy atom. The second-order valence-corrected chi connectivity index (χ2v) is 8.75. The van der Waals surface area contributed by atoms with Gasteiger partial charge in [0.15, 0.2) is 0 Å². The average Bonchev–Trinajstić information content (AvgIpc) is 3.07. The van der Waals surface area contributed by atoms with E-state index in [-0.39, 0.29) is 11.5 Å². The van der Waals surface area contributed by atoms with E-state index >= 15 is 0 Å². The molecule has 2 N–H and O–H groups in total. The molecule has 2 heterocycles. The van der Waals surface area contributed by atoms with Gasteiger partial charge in [-0.2, -0.15) is 0 Å². The summed E-state index contributed by atoms with van der Waals surface area (Å²) in [5.74, 6) is -1.29. The number of nitrogens with zero attached hydrogens (tertiary/aromatic N) is 1. The Bertz CT molecular complexity index is 1200. The van der Waals surface area contributed by atoms with Gasteiger partial charge in [0, 0.05) is 30.3 Å². The number of aryl methyl sites for hydroxylation is 2. The van der Waals surface area contributed by atoms with Crippen molar-refractivity contribution in [3.8, 4) is 0 Å². The molecule has 174 valence electrons. The van der Waals surface area contributed by atoms with Crippen molar-refractivity contribution >= 4 is 29.2 Å². The molecule has 0 aromatic heterocycles. The number of hydrogen-bond acceptors (Lipinski definition) is 5. The molecule has 2 aromatic carbocycles. The predicted octanol–water partition coefficient (Wildman–Crippen LogP) is 3.20. The highest BCUT2D eigenvalue weighted by Gasteiger charge is 2.41. The van der Waals surface area contributed by atoms with E-state index in [0.717, 1.165) is 21.6 Å². The van der Waals surface area contributed by atoms with E-state index in [2.05, 4.69) is 17.2 Å². The van der Waals surface area contributed by atoms with Crippen molar-refractivity contribution in [2.24, 2.45) is 0 Å². The van der Waals surface area contributed by atoms with Gasteiger partial charge in [-0.3, -0.25) is 24.1 Å². The molecular formula is C27H27N3O4. The third kappa shape index (κ3) is 5.31. The molecule has 0 spiro atoms. The lowest BCUT2D eigenvalue weighted by atomic mass is 10.0. The maximum absolute atomic E-state index is 12.9. The third-order valence-corrected chi connectivity index (χ3v) is 6.01. The van der Waals surface area contributed by atoms with E-state index in [1.807, 2.05) is 49.4 Å². The monoisotopic (exact) mass is 457 g/mol. The number of carbonyl (C=O) groups excluding carboxylic acids is 4. The van der Waals surface area contributed by atoms with Gasteiger partial charge < -0.3 is 10.6 Å². The summed E-state index contributed by atoms with van der Waals surface area (Å²) >= 11 is 0. The summed E-state index contributed by atoms with van der Waals surface area (Å²) in [6.45, 7) is 5.74. The number of anilines is 1. The number of ketones is 1. The minimum absolute atomic E-state index is 0.120. The number of hydrogen-bond donors (Lipinski definition) is 2. The Balaban J connectivity index is 1.35. The highest BCUT2D eigenvalue weighted by Crippen LogP contribution is 2.24. The molecule has 0 radical (unpaired) electrons. The molecule has 7 heteroatoms. The molecule has 0 saturated carbocycles. The first kappa shape index (κ1) is 23.2. The number of rotatable bonds is 8. The molecule has 1 atom stereocenters. The molecule has 2 aromatic rings. The van der Waals surface area contributed by atoms with Crippen LogP contribution in [-0.2, 0) is 32.0 Å². The van der Waals surface area contributed by atoms with Gasteiger partial charge in [0.05, 0.1) is 0 Å². The average molecular weight is 458 g/mol. The van der Waals surface area contributed by atoms with E-state index < -0.39 is 23.8 Å². The van der Waals surface area contributed by atoms with Crippen molar-refractivity contribution in [2.75, 3.05) is 5.32 Å². The second kappa shape index (κ2) is 9.87. The van der Waals surface area contributed by atoms with Crippen LogP contribution in [0.4, 0.5) is 5.69 Å². The Morgan fingerprint density at radius 3 is 2.62 bits per heavy atom. The number of nitrogens with one attached hydrogen (secondary N) is 2. The fourth-order valence-electron chi connectivity index (χ4n) is 4.14. The van der Waals surface area contributed by atoms with Gasteiger partial charge in [0.25, 0.3) is 11.8 Å². The van der Waals surface area contributed by atoms with Gasteiger partial charge in [-0.15, -0.1) is 0 Å². The van der Waals surface area contributed by atoms with Gasteiger partial charge >= 0.3 is 0 Å². The van der Waals surface area contributed by atoms with Gasteiger partial charge in [-0.05, 0) is 49.4 Å². The fourth-order valence-corrected chi connectivity index (χ4v) is 4.14. The molecule has 3 amide bonds. The fraction of sp³-hybridized carbons (Fsp3) is 0.259. The lowest BCUT2D eigenvalue weighted by molar-refractivity contribution is -0.146. The number of allylic oxidation sites excluding steroid dienone is 1. The molecule has 7 nitrogen and oxygen atoms in total. The molecule has 2 aliphatic rings. The molecule has 2 aliphatic heterocycles. The van der Waals surface area contributed by atoms with Gasteiger partial charge in [-0.25, -0.2) is 0 Å². The van der Waals surface area contributed by atoms with E-state index in [9.17, 15) is 19.2 Å². The van der Waals surface area contributed by atoms with Crippen LogP contribution >= 0.6 is 0 Å². The number of imide groups is 1. The van der Waals surface area contributed by atoms with Crippen LogP contribution in [0.3, 0.4) is 0 Å². The first-order valence-electron chi connectivity index (χ1n) is 11.3. The standard InChI is InChI=1S/C27H27N3O4/c1-17-6-9-20(10-7-17)15-22(31)12-11-19-4-3-5-21(14-19)29-23-16-25(32)30(27(23)34)24-13-8-18(2)28-26(24)33/h3-7,9-10,14,16,24,29H,2,8,11-13,15H2,1H3,(H,28,33). The van der Waals surface area contributed by atoms with Crippen LogP contribution in [0.5, 0.6) is 0 Å². The molecule has 1 unspecified atom stereocenters. The van der Waals surface area contributed by atoms with E-state index in [4.69, 9.17) is 0 Å². The van der Waals surface area contributed by atoms with Crippen molar-refractivity contribution in [2.45, 2.75) is 45.1 Å². The largest absolute Gasteiger partial charge is 0.351 e. The number of Topliss-reactive ketones (excluding diaryl/α,β-unsaturated/α-hetero) is 1. The second-order valence-electron chi connectivity index (χ2n) is 8.75. The van der Waals surface area contributed by atoms with Gasteiger partial charge in [-0.1, -0.05) is 48.5 Å². The minimum atomic E-state index is -0.841. The Morgan fingerprint density at radius 1 is 1.12 bits per heavy atom. The molecule has 4 rings (SSSR count). The van der Waals surface area contributed by atoms with Crippen molar-refractivity contribution in [1.29, 1.82) is 0 Å². The van der Waals surface area contributed by atoms with Crippen LogP contribution in [0.25, 0.3) is 0 Å². The van der Waals surface area contributed by atoms with Gasteiger partial charge in [0.2, 0.25) is 5.91 Å². The summed E-state index contributed by atoms with van der Waals surface area (Å²) in [4.78, 5) is 51.0. The highest BCUT2D eigenvalue weighted by molar-refractivity contribution is 6.19. The van der Waals surface area contributed by atoms with E-state index in [0.29, 0.717) is 43.5 Å². The minimum Gasteiger partial charge on any atom is -0.351 e. The number of benzene rings is 2. The molecule has 0 bridgehead atoms. The van der Waals surface area contributed by atoms with Crippen molar-refractivity contribution < 1.29 is 19.2 Å². The van der Waals surface area contributed by atoms with Crippen LogP contribution in [0.15, 0.2) is 72.6 Å². The first-order chi connectivity index (χ1) is 16.3. The smallest absolute Gasteiger partial charge is 0.278 e. The predicted molar refractivity (Wildman–Crippen MR) is 129 cm³/mol. The van der Waals surface area contributed by atoms with Crippen LogP contribution in [0.2, 0.25) is 0 Å². The Labute approximate surface area is 198 Å². The molecule has 0 aliphatic carbocycles. The van der Waals surface area contributed by atoms with Gasteiger partial charge in [0.1, 0.15) is 17.5 Å². The maximum Gasteiger partial charge on any atom is 0.278 e. The van der Waals surface area contributed by atoms with Crippen molar-refractivity contribution in [3.05, 3.63) is 89.3 Å². The Kier molecular flexibility index (Phi) is 6.72. The van der Waals surface area contributed by atoms with Crippen molar-refractivity contribution in [1.82, 2.24) is 10.2 Å². The number of piperidine rings is 1. The summed E-state index contributed by atoms with van der Waals surface area (Å²) in [5.41, 5.74) is 4.45. The maximum atomic E-state index is 12.9. The summed E-state index contributed by atoms with van der Waals surface area (Å²) in [6, 6.07) is 14.5. The SMILES string of the molecule is C=C1CCC(N2C(=O)C=C(Nc3cccc(CCC(=O)Cc4ccc(C)cc4)c3)C2=O)C(=O)N1. The first-order valence-corrected chi connectivity index (χ1v) is 11.3. The summed E-state index contributed by atoms with van der Waals surface area (Å²) in [5, 5.41) is 5.61. The lowest BCUT2D eigenvalue weighted by Gasteiger charge is -2.29. The van der Waals surface area contributed by atoms with E-state index in [1.54, 1.807) is 6.07 Å². The molecular weight excluding hydrogens is 430 g/mol. The van der Waals surface area contributed by atoms with Crippen LogP contribution in [0.1, 0.15) is 36.0 Å². The summed E-state index contributed by atoms with van der Waals surface area (Å²) in [7, 11) is 0.